The number of hydrogen-bond acceptors (Lipinski definition) is 4. The third kappa shape index (κ3) is 5.00. The van der Waals surface area contributed by atoms with Gasteiger partial charge in [0, 0.05) is 4.88 Å². The van der Waals surface area contributed by atoms with Crippen molar-refractivity contribution in [2.24, 2.45) is 0 Å². The molecule has 1 unspecified atom stereocenters. The number of carbonyl (C=O) groups is 2. The van der Waals surface area contributed by atoms with Crippen LogP contribution >= 0.6 is 27.3 Å². The van der Waals surface area contributed by atoms with Crippen LogP contribution in [0.15, 0.2) is 17.5 Å². The molecule has 0 N–H and O–H groups in total. The van der Waals surface area contributed by atoms with Gasteiger partial charge in [0.25, 0.3) is 5.78 Å². The van der Waals surface area contributed by atoms with Crippen LogP contribution in [0.1, 0.15) is 25.1 Å². The van der Waals surface area contributed by atoms with Gasteiger partial charge in [0.15, 0.2) is 0 Å². The van der Waals surface area contributed by atoms with Crippen LogP contribution in [0.5, 0.6) is 0 Å². The van der Waals surface area contributed by atoms with Crippen molar-refractivity contribution in [1.29, 1.82) is 0 Å². The molecule has 0 radical (unpaired) electrons. The van der Waals surface area contributed by atoms with Crippen molar-refractivity contribution in [3.63, 3.8) is 0 Å². The monoisotopic (exact) mass is 318 g/mol. The Kier molecular flexibility index (Phi) is 5.85. The number of esters is 1. The van der Waals surface area contributed by atoms with Crippen LogP contribution in [0.2, 0.25) is 0 Å². The highest BCUT2D eigenvalue weighted by atomic mass is 79.9. The Balaban J connectivity index is 2.39. The van der Waals surface area contributed by atoms with Gasteiger partial charge in [-0.1, -0.05) is 22.0 Å². The minimum Gasteiger partial charge on any atom is -0.457 e. The number of hydrogen-bond donors (Lipinski definition) is 0. The molecule has 0 spiro atoms. The quantitative estimate of drug-likeness (QED) is 0.460. The average molecular weight is 319 g/mol. The van der Waals surface area contributed by atoms with Crippen molar-refractivity contribution in [2.45, 2.75) is 37.6 Å². The van der Waals surface area contributed by atoms with E-state index in [1.54, 1.807) is 25.2 Å². The number of alkyl halides is 1. The van der Waals surface area contributed by atoms with Crippen LogP contribution < -0.4 is 0 Å². The Labute approximate surface area is 113 Å². The normalized spacial score (nSPS) is 12.5. The van der Waals surface area contributed by atoms with E-state index in [0.717, 1.165) is 6.42 Å². The zero-order valence-corrected chi connectivity index (χ0v) is 12.2. The minimum atomic E-state index is -0.756. The van der Waals surface area contributed by atoms with E-state index in [1.807, 2.05) is 17.5 Å². The smallest absolute Gasteiger partial charge is 0.376 e. The summed E-state index contributed by atoms with van der Waals surface area (Å²) in [7, 11) is 0. The van der Waals surface area contributed by atoms with Crippen molar-refractivity contribution in [2.75, 3.05) is 0 Å². The molecule has 0 amide bonds. The van der Waals surface area contributed by atoms with Crippen LogP contribution in [0, 0.1) is 0 Å². The number of aryl methyl sites for hydroxylation is 1. The Bertz CT molecular complexity index is 373. The molecule has 0 saturated carbocycles. The summed E-state index contributed by atoms with van der Waals surface area (Å²) >= 11 is 4.88. The van der Waals surface area contributed by atoms with Gasteiger partial charge in [-0.3, -0.25) is 4.79 Å². The van der Waals surface area contributed by atoms with Gasteiger partial charge in [-0.05, 0) is 38.1 Å². The first kappa shape index (κ1) is 14.4. The van der Waals surface area contributed by atoms with Gasteiger partial charge in [0.05, 0.1) is 10.9 Å². The van der Waals surface area contributed by atoms with Crippen molar-refractivity contribution in [3.8, 4) is 0 Å². The van der Waals surface area contributed by atoms with E-state index < -0.39 is 16.6 Å². The van der Waals surface area contributed by atoms with E-state index in [1.165, 1.54) is 4.88 Å². The second kappa shape index (κ2) is 6.91. The van der Waals surface area contributed by atoms with E-state index in [2.05, 4.69) is 15.9 Å². The standard InChI is InChI=1S/C12H15BrO3S/c1-8(2)16-12(15)11(14)10(13)6-5-9-4-3-7-17-9/h3-4,7-8,10H,5-6H2,1-2H3. The number of thiophene rings is 1. The first-order valence-corrected chi connectivity index (χ1v) is 7.21. The lowest BCUT2D eigenvalue weighted by atomic mass is 10.1. The molecule has 5 heteroatoms. The molecule has 1 atom stereocenters. The van der Waals surface area contributed by atoms with Gasteiger partial charge in [-0.25, -0.2) is 4.79 Å². The molecule has 0 aliphatic rings. The highest BCUT2D eigenvalue weighted by molar-refractivity contribution is 9.10. The molecule has 0 bridgehead atoms. The van der Waals surface area contributed by atoms with Crippen LogP contribution in [0.4, 0.5) is 0 Å². The lowest BCUT2D eigenvalue weighted by Gasteiger charge is -2.10. The number of ether oxygens (including phenoxy) is 1. The van der Waals surface area contributed by atoms with E-state index in [0.29, 0.717) is 6.42 Å². The number of halogens is 1. The van der Waals surface area contributed by atoms with Gasteiger partial charge in [-0.15, -0.1) is 11.3 Å². The van der Waals surface area contributed by atoms with Gasteiger partial charge < -0.3 is 4.74 Å². The van der Waals surface area contributed by atoms with E-state index in [-0.39, 0.29) is 6.10 Å². The van der Waals surface area contributed by atoms with Crippen molar-refractivity contribution >= 4 is 39.0 Å². The van der Waals surface area contributed by atoms with Crippen molar-refractivity contribution in [1.82, 2.24) is 0 Å². The second-order valence-electron chi connectivity index (χ2n) is 3.90. The van der Waals surface area contributed by atoms with Gasteiger partial charge >= 0.3 is 5.97 Å². The number of Topliss-reactive ketones (excluding diaryl/α,β-unsaturated/α-hetero) is 1. The lowest BCUT2D eigenvalue weighted by Crippen LogP contribution is -2.28. The SMILES string of the molecule is CC(C)OC(=O)C(=O)C(Br)CCc1cccs1. The van der Waals surface area contributed by atoms with E-state index in [9.17, 15) is 9.59 Å². The topological polar surface area (TPSA) is 43.4 Å². The molecule has 1 aromatic rings. The van der Waals surface area contributed by atoms with Gasteiger partial charge in [0.2, 0.25) is 0 Å². The molecule has 1 aromatic heterocycles. The summed E-state index contributed by atoms with van der Waals surface area (Å²) in [5.74, 6) is -1.26. The minimum absolute atomic E-state index is 0.261. The second-order valence-corrected chi connectivity index (χ2v) is 6.04. The number of carbonyl (C=O) groups excluding carboxylic acids is 2. The summed E-state index contributed by atoms with van der Waals surface area (Å²) in [6.45, 7) is 3.44. The molecule has 94 valence electrons. The molecule has 0 saturated heterocycles. The zero-order valence-electron chi connectivity index (χ0n) is 9.81. The zero-order chi connectivity index (χ0) is 12.8. The number of rotatable bonds is 6. The largest absolute Gasteiger partial charge is 0.457 e. The summed E-state index contributed by atoms with van der Waals surface area (Å²) in [5, 5.41) is 1.99. The summed E-state index contributed by atoms with van der Waals surface area (Å²) < 4.78 is 4.85. The van der Waals surface area contributed by atoms with Crippen LogP contribution in [-0.2, 0) is 20.7 Å². The Hall–Kier alpha value is -0.680. The molecular weight excluding hydrogens is 304 g/mol. The fourth-order valence-electron chi connectivity index (χ4n) is 1.25. The van der Waals surface area contributed by atoms with Crippen LogP contribution in [0.25, 0.3) is 0 Å². The third-order valence-corrected chi connectivity index (χ3v) is 3.86. The molecule has 17 heavy (non-hydrogen) atoms. The molecule has 0 fully saturated rings. The van der Waals surface area contributed by atoms with E-state index in [4.69, 9.17) is 4.74 Å². The van der Waals surface area contributed by atoms with Crippen LogP contribution in [-0.4, -0.2) is 22.7 Å². The maximum atomic E-state index is 11.6. The summed E-state index contributed by atoms with van der Waals surface area (Å²) in [6.07, 6.45) is 1.13. The fraction of sp³-hybridized carbons (Fsp3) is 0.500. The van der Waals surface area contributed by atoms with Gasteiger partial charge in [0.1, 0.15) is 0 Å². The predicted octanol–water partition coefficient (Wildman–Crippen LogP) is 2.96. The molecule has 1 heterocycles. The summed E-state index contributed by atoms with van der Waals surface area (Å²) in [4.78, 5) is 23.7. The molecule has 0 aliphatic heterocycles. The van der Waals surface area contributed by atoms with E-state index >= 15 is 0 Å². The molecule has 1 rings (SSSR count). The molecule has 3 nitrogen and oxygen atoms in total. The fourth-order valence-corrected chi connectivity index (χ4v) is 2.40. The average Bonchev–Trinajstić information content (AvgIpc) is 2.76. The van der Waals surface area contributed by atoms with Crippen molar-refractivity contribution < 1.29 is 14.3 Å². The first-order valence-electron chi connectivity index (χ1n) is 5.42. The Morgan fingerprint density at radius 3 is 2.71 bits per heavy atom. The summed E-state index contributed by atoms with van der Waals surface area (Å²) in [5.41, 5.74) is 0. The summed E-state index contributed by atoms with van der Waals surface area (Å²) in [6, 6.07) is 3.99. The maximum absolute atomic E-state index is 11.6. The highest BCUT2D eigenvalue weighted by Gasteiger charge is 2.24. The Morgan fingerprint density at radius 1 is 1.47 bits per heavy atom. The maximum Gasteiger partial charge on any atom is 0.376 e. The predicted molar refractivity (Wildman–Crippen MR) is 71.6 cm³/mol. The van der Waals surface area contributed by atoms with Crippen molar-refractivity contribution in [3.05, 3.63) is 22.4 Å². The van der Waals surface area contributed by atoms with Gasteiger partial charge in [-0.2, -0.15) is 0 Å². The molecule has 0 aliphatic carbocycles. The number of ketones is 1. The highest BCUT2D eigenvalue weighted by Crippen LogP contribution is 2.16. The first-order chi connectivity index (χ1) is 8.00. The lowest BCUT2D eigenvalue weighted by molar-refractivity contribution is -0.156. The molecule has 0 aromatic carbocycles. The third-order valence-electron chi connectivity index (χ3n) is 2.05. The Morgan fingerprint density at radius 2 is 2.18 bits per heavy atom. The van der Waals surface area contributed by atoms with Crippen LogP contribution in [0.3, 0.4) is 0 Å². The molecular formula is C12H15BrO3S.